The Bertz CT molecular complexity index is 538. The van der Waals surface area contributed by atoms with Crippen molar-refractivity contribution in [1.82, 2.24) is 0 Å². The Morgan fingerprint density at radius 1 is 1.00 bits per heavy atom. The van der Waals surface area contributed by atoms with Gasteiger partial charge in [-0.15, -0.1) is 0 Å². The van der Waals surface area contributed by atoms with Gasteiger partial charge in [0, 0.05) is 0 Å². The van der Waals surface area contributed by atoms with Crippen molar-refractivity contribution >= 4 is 12.6 Å². The summed E-state index contributed by atoms with van der Waals surface area (Å²) in [4.78, 5) is 0. The smallest absolute Gasteiger partial charge is 0.489 e. The third-order valence-corrected chi connectivity index (χ3v) is 3.17. The summed E-state index contributed by atoms with van der Waals surface area (Å²) in [5, 5.41) is 18.8. The summed E-state index contributed by atoms with van der Waals surface area (Å²) in [5.74, 6) is 0.837. The molecule has 2 aromatic rings. The lowest BCUT2D eigenvalue weighted by molar-refractivity contribution is 0.309. The van der Waals surface area contributed by atoms with E-state index >= 15 is 0 Å². The number of unbranched alkanes of at least 4 members (excludes halogenated alkanes) is 1. The van der Waals surface area contributed by atoms with Crippen molar-refractivity contribution in [2.24, 2.45) is 0 Å². The first kappa shape index (κ1) is 14.6. The second-order valence-corrected chi connectivity index (χ2v) is 4.69. The molecule has 0 atom stereocenters. The lowest BCUT2D eigenvalue weighted by atomic mass is 9.75. The van der Waals surface area contributed by atoms with E-state index in [1.54, 1.807) is 12.1 Å². The lowest BCUT2D eigenvalue weighted by Gasteiger charge is -2.10. The first-order valence-corrected chi connectivity index (χ1v) is 6.90. The molecule has 2 aromatic carbocycles. The van der Waals surface area contributed by atoms with Crippen molar-refractivity contribution < 1.29 is 14.8 Å². The van der Waals surface area contributed by atoms with Crippen LogP contribution >= 0.6 is 0 Å². The van der Waals surface area contributed by atoms with Crippen molar-refractivity contribution in [3.05, 3.63) is 48.5 Å². The van der Waals surface area contributed by atoms with Crippen LogP contribution in [-0.2, 0) is 0 Å². The molecular formula is C16H19BO3. The van der Waals surface area contributed by atoms with Gasteiger partial charge in [-0.05, 0) is 35.1 Å². The number of rotatable bonds is 6. The minimum absolute atomic E-state index is 0.507. The van der Waals surface area contributed by atoms with Crippen LogP contribution in [0.4, 0.5) is 0 Å². The van der Waals surface area contributed by atoms with Gasteiger partial charge in [0.1, 0.15) is 5.75 Å². The fourth-order valence-corrected chi connectivity index (χ4v) is 2.05. The molecule has 3 nitrogen and oxygen atoms in total. The van der Waals surface area contributed by atoms with Crippen LogP contribution in [0.1, 0.15) is 19.8 Å². The second kappa shape index (κ2) is 7.13. The fourth-order valence-electron chi connectivity index (χ4n) is 2.05. The molecule has 4 heteroatoms. The molecule has 0 fully saturated rings. The van der Waals surface area contributed by atoms with Gasteiger partial charge in [0.05, 0.1) is 6.61 Å². The second-order valence-electron chi connectivity index (χ2n) is 4.69. The molecule has 0 aromatic heterocycles. The van der Waals surface area contributed by atoms with Gasteiger partial charge in [-0.2, -0.15) is 0 Å². The van der Waals surface area contributed by atoms with Crippen LogP contribution in [0.3, 0.4) is 0 Å². The maximum absolute atomic E-state index is 9.39. The van der Waals surface area contributed by atoms with Crippen LogP contribution in [0.25, 0.3) is 11.1 Å². The molecule has 0 aliphatic heterocycles. The average molecular weight is 270 g/mol. The van der Waals surface area contributed by atoms with E-state index in [4.69, 9.17) is 4.74 Å². The normalized spacial score (nSPS) is 10.3. The van der Waals surface area contributed by atoms with Crippen LogP contribution in [0.15, 0.2) is 48.5 Å². The highest BCUT2D eigenvalue weighted by molar-refractivity contribution is 6.60. The van der Waals surface area contributed by atoms with Crippen molar-refractivity contribution in [3.63, 3.8) is 0 Å². The minimum Gasteiger partial charge on any atom is -0.494 e. The van der Waals surface area contributed by atoms with Gasteiger partial charge in [-0.1, -0.05) is 49.7 Å². The summed E-state index contributed by atoms with van der Waals surface area (Å²) in [7, 11) is -1.47. The highest BCUT2D eigenvalue weighted by atomic mass is 16.5. The molecule has 2 N–H and O–H groups in total. The van der Waals surface area contributed by atoms with Crippen LogP contribution < -0.4 is 10.2 Å². The van der Waals surface area contributed by atoms with Gasteiger partial charge in [0.15, 0.2) is 0 Å². The van der Waals surface area contributed by atoms with Crippen LogP contribution in [-0.4, -0.2) is 23.8 Å². The fraction of sp³-hybridized carbons (Fsp3) is 0.250. The molecule has 0 radical (unpaired) electrons. The summed E-state index contributed by atoms with van der Waals surface area (Å²) < 4.78 is 5.62. The van der Waals surface area contributed by atoms with E-state index in [9.17, 15) is 10.0 Å². The van der Waals surface area contributed by atoms with E-state index in [1.807, 2.05) is 36.4 Å². The predicted octanol–water partition coefficient (Wildman–Crippen LogP) is 2.21. The summed E-state index contributed by atoms with van der Waals surface area (Å²) >= 11 is 0. The van der Waals surface area contributed by atoms with Gasteiger partial charge in [0.2, 0.25) is 0 Å². The largest absolute Gasteiger partial charge is 0.494 e. The summed E-state index contributed by atoms with van der Waals surface area (Å²) in [5.41, 5.74) is 2.27. The monoisotopic (exact) mass is 270 g/mol. The zero-order chi connectivity index (χ0) is 14.4. The molecule has 0 heterocycles. The van der Waals surface area contributed by atoms with E-state index in [1.165, 1.54) is 0 Å². The summed E-state index contributed by atoms with van der Waals surface area (Å²) in [6, 6.07) is 14.9. The van der Waals surface area contributed by atoms with E-state index < -0.39 is 7.12 Å². The van der Waals surface area contributed by atoms with Gasteiger partial charge in [-0.25, -0.2) is 0 Å². The number of hydrogen-bond acceptors (Lipinski definition) is 3. The van der Waals surface area contributed by atoms with Gasteiger partial charge >= 0.3 is 7.12 Å². The molecule has 0 bridgehead atoms. The molecule has 0 unspecified atom stereocenters. The molecule has 0 saturated heterocycles. The Balaban J connectivity index is 2.18. The zero-order valence-corrected chi connectivity index (χ0v) is 11.6. The topological polar surface area (TPSA) is 49.7 Å². The third kappa shape index (κ3) is 3.62. The number of benzene rings is 2. The highest BCUT2D eigenvalue weighted by Gasteiger charge is 2.16. The summed E-state index contributed by atoms with van der Waals surface area (Å²) in [6.07, 6.45) is 2.15. The van der Waals surface area contributed by atoms with Crippen molar-refractivity contribution in [2.75, 3.05) is 6.61 Å². The molecule has 0 aliphatic carbocycles. The van der Waals surface area contributed by atoms with Gasteiger partial charge in [-0.3, -0.25) is 0 Å². The van der Waals surface area contributed by atoms with Gasteiger partial charge < -0.3 is 14.8 Å². The predicted molar refractivity (Wildman–Crippen MR) is 82.1 cm³/mol. The van der Waals surface area contributed by atoms with E-state index in [-0.39, 0.29) is 0 Å². The van der Waals surface area contributed by atoms with Crippen molar-refractivity contribution in [3.8, 4) is 16.9 Å². The molecule has 104 valence electrons. The quantitative estimate of drug-likeness (QED) is 0.625. The Morgan fingerprint density at radius 3 is 2.35 bits per heavy atom. The maximum Gasteiger partial charge on any atom is 0.489 e. The first-order valence-electron chi connectivity index (χ1n) is 6.90. The van der Waals surface area contributed by atoms with Crippen LogP contribution in [0.2, 0.25) is 0 Å². The van der Waals surface area contributed by atoms with E-state index in [0.29, 0.717) is 5.46 Å². The lowest BCUT2D eigenvalue weighted by Crippen LogP contribution is -2.31. The molecular weight excluding hydrogens is 251 g/mol. The Kier molecular flexibility index (Phi) is 5.21. The SMILES string of the molecule is CCCCOc1ccc(-c2ccccc2B(O)O)cc1. The molecule has 0 aliphatic rings. The zero-order valence-electron chi connectivity index (χ0n) is 11.6. The molecule has 0 spiro atoms. The van der Waals surface area contributed by atoms with Crippen LogP contribution in [0, 0.1) is 0 Å². The molecule has 2 rings (SSSR count). The van der Waals surface area contributed by atoms with E-state index in [2.05, 4.69) is 6.92 Å². The van der Waals surface area contributed by atoms with Crippen molar-refractivity contribution in [1.29, 1.82) is 0 Å². The van der Waals surface area contributed by atoms with Crippen molar-refractivity contribution in [2.45, 2.75) is 19.8 Å². The van der Waals surface area contributed by atoms with Crippen LogP contribution in [0.5, 0.6) is 5.75 Å². The standard InChI is InChI=1S/C16H19BO3/c1-2-3-12-20-14-10-8-13(9-11-14)15-6-4-5-7-16(15)17(18)19/h4-11,18-19H,2-3,12H2,1H3. The summed E-state index contributed by atoms with van der Waals surface area (Å²) in [6.45, 7) is 2.85. The average Bonchev–Trinajstić information content (AvgIpc) is 2.48. The Morgan fingerprint density at radius 2 is 1.70 bits per heavy atom. The maximum atomic E-state index is 9.39. The number of hydrogen-bond donors (Lipinski definition) is 2. The third-order valence-electron chi connectivity index (χ3n) is 3.17. The Hall–Kier alpha value is -1.78. The van der Waals surface area contributed by atoms with Gasteiger partial charge in [0.25, 0.3) is 0 Å². The molecule has 0 amide bonds. The minimum atomic E-state index is -1.47. The number of ether oxygens (including phenoxy) is 1. The first-order chi connectivity index (χ1) is 9.72. The highest BCUT2D eigenvalue weighted by Crippen LogP contribution is 2.21. The van der Waals surface area contributed by atoms with E-state index in [0.717, 1.165) is 36.3 Å². The molecule has 0 saturated carbocycles. The Labute approximate surface area is 120 Å². The molecule has 20 heavy (non-hydrogen) atoms.